The summed E-state index contributed by atoms with van der Waals surface area (Å²) in [5.74, 6) is 4.94. The van der Waals surface area contributed by atoms with E-state index in [1.165, 1.54) is 81.4 Å². The van der Waals surface area contributed by atoms with Gasteiger partial charge in [-0.3, -0.25) is 0 Å². The van der Waals surface area contributed by atoms with Crippen molar-refractivity contribution in [2.45, 2.75) is 199 Å². The standard InChI is InChI=1S/C11H14.C10H20O.C9H18O2.C9H16O2.C8H16O.C8H16.C5H10/c1-4-10-5-7-11(8-6-10)9(2)3;1-9(2)6-5-7-11-8-10(3)4;1-8(2)4-3-5-10-6-9-7-11-9;1-4-9(10)11-7-5-6-8(2)3;1-7(2)4-3-5-8-6-9-8;1-4-5-6-7-8(2)3;1-4-5(2)3/h4-9H,1H2,2-3H3;9H,3,5-8H2,1-2,4H3;8-9H,3-7H2,1-2H3;4,8H,1,5-7H2,2-3H3;7-8H,3-6H2,1-2H3;4,8H,1,5-7H2,2-3H3;4-5H,1H2,2-3H3. The minimum atomic E-state index is -0.325. The number of allylic oxidation sites excluding steroid dienone is 2. The zero-order chi connectivity index (χ0) is 51.1. The maximum Gasteiger partial charge on any atom is 0.330 e. The molecular formula is C60H110O6. The van der Waals surface area contributed by atoms with Gasteiger partial charge in [0.15, 0.2) is 0 Å². The smallest absolute Gasteiger partial charge is 0.330 e. The van der Waals surface area contributed by atoms with Crippen LogP contribution in [0.3, 0.4) is 0 Å². The van der Waals surface area contributed by atoms with Crippen molar-refractivity contribution in [2.75, 3.05) is 46.2 Å². The SMILES string of the molecule is C=C(C)COCCCC(C)C.C=CC(=O)OCCCC(C)C.C=CC(C)C.C=CCCCC(C)C.C=Cc1ccc(C(C)C)cc1.CC(C)CCCC1CO1.CC(C)CCCOCC1CO1. The van der Waals surface area contributed by atoms with Crippen LogP contribution in [-0.4, -0.2) is 64.4 Å². The Labute approximate surface area is 411 Å². The first-order valence-corrected chi connectivity index (χ1v) is 25.9. The average Bonchev–Trinajstić information content (AvgIpc) is 4.20. The molecule has 66 heavy (non-hydrogen) atoms. The maximum absolute atomic E-state index is 10.5. The fraction of sp³-hybridized carbons (Fsp3) is 0.717. The van der Waals surface area contributed by atoms with E-state index in [0.717, 1.165) is 81.7 Å². The molecule has 1 aromatic rings. The van der Waals surface area contributed by atoms with Crippen LogP contribution in [0.1, 0.15) is 198 Å². The molecule has 6 nitrogen and oxygen atoms in total. The third-order valence-corrected chi connectivity index (χ3v) is 9.74. The Balaban J connectivity index is -0.000000343. The van der Waals surface area contributed by atoms with Crippen LogP contribution >= 0.6 is 0 Å². The van der Waals surface area contributed by atoms with Crippen LogP contribution in [0.5, 0.6) is 0 Å². The minimum Gasteiger partial charge on any atom is -0.463 e. The highest BCUT2D eigenvalue weighted by atomic mass is 16.6. The number of hydrogen-bond donors (Lipinski definition) is 0. The van der Waals surface area contributed by atoms with Gasteiger partial charge in [0, 0.05) is 19.3 Å². The second kappa shape index (κ2) is 50.1. The van der Waals surface area contributed by atoms with Crippen molar-refractivity contribution in [3.8, 4) is 0 Å². The second-order valence-corrected chi connectivity index (χ2v) is 20.4. The lowest BCUT2D eigenvalue weighted by Gasteiger charge is -2.05. The fourth-order valence-corrected chi connectivity index (χ4v) is 5.21. The molecule has 0 aliphatic carbocycles. The van der Waals surface area contributed by atoms with Crippen LogP contribution < -0.4 is 0 Å². The Kier molecular flexibility index (Phi) is 53.0. The fourth-order valence-electron chi connectivity index (χ4n) is 5.21. The lowest BCUT2D eigenvalue weighted by molar-refractivity contribution is -0.137. The largest absolute Gasteiger partial charge is 0.463 e. The van der Waals surface area contributed by atoms with Gasteiger partial charge in [-0.2, -0.15) is 0 Å². The number of unbranched alkanes of at least 4 members (excludes halogenated alkanes) is 1. The van der Waals surface area contributed by atoms with Crippen molar-refractivity contribution >= 4 is 12.0 Å². The molecule has 0 radical (unpaired) electrons. The highest BCUT2D eigenvalue weighted by molar-refractivity contribution is 5.81. The zero-order valence-electron chi connectivity index (χ0n) is 46.2. The van der Waals surface area contributed by atoms with Crippen LogP contribution in [0, 0.1) is 35.5 Å². The van der Waals surface area contributed by atoms with E-state index in [0.29, 0.717) is 36.6 Å². The van der Waals surface area contributed by atoms with Gasteiger partial charge < -0.3 is 23.7 Å². The summed E-state index contributed by atoms with van der Waals surface area (Å²) in [4.78, 5) is 10.5. The average molecular weight is 928 g/mol. The van der Waals surface area contributed by atoms with E-state index in [-0.39, 0.29) is 5.97 Å². The number of benzene rings is 1. The van der Waals surface area contributed by atoms with Crippen molar-refractivity contribution in [2.24, 2.45) is 35.5 Å². The van der Waals surface area contributed by atoms with Crippen LogP contribution in [0.25, 0.3) is 6.08 Å². The summed E-state index contributed by atoms with van der Waals surface area (Å²) in [6.45, 7) is 56.6. The third-order valence-electron chi connectivity index (χ3n) is 9.74. The molecule has 0 N–H and O–H groups in total. The molecule has 2 atom stereocenters. The molecule has 2 saturated heterocycles. The number of rotatable bonds is 28. The number of carbonyl (C=O) groups excluding carboxylic acids is 1. The highest BCUT2D eigenvalue weighted by Gasteiger charge is 2.22. The van der Waals surface area contributed by atoms with Crippen LogP contribution in [-0.2, 0) is 28.5 Å². The molecule has 0 saturated carbocycles. The molecule has 0 amide bonds. The lowest BCUT2D eigenvalue weighted by atomic mass is 10.0. The Bertz CT molecular complexity index is 1230. The number of ether oxygens (including phenoxy) is 5. The predicted octanol–water partition coefficient (Wildman–Crippen LogP) is 17.5. The predicted molar refractivity (Wildman–Crippen MR) is 293 cm³/mol. The van der Waals surface area contributed by atoms with Gasteiger partial charge in [-0.15, -0.1) is 13.2 Å². The Morgan fingerprint density at radius 3 is 1.42 bits per heavy atom. The molecule has 2 aliphatic rings. The van der Waals surface area contributed by atoms with E-state index in [9.17, 15) is 4.79 Å². The zero-order valence-corrected chi connectivity index (χ0v) is 46.2. The first kappa shape index (κ1) is 69.8. The van der Waals surface area contributed by atoms with E-state index in [1.54, 1.807) is 0 Å². The van der Waals surface area contributed by atoms with Gasteiger partial charge in [0.25, 0.3) is 0 Å². The number of carbonyl (C=O) groups is 1. The molecule has 386 valence electrons. The first-order chi connectivity index (χ1) is 31.1. The van der Waals surface area contributed by atoms with Crippen molar-refractivity contribution in [1.82, 2.24) is 0 Å². The summed E-state index contributed by atoms with van der Waals surface area (Å²) in [6.07, 6.45) is 22.8. The minimum absolute atomic E-state index is 0.325. The van der Waals surface area contributed by atoms with Gasteiger partial charge in [0.05, 0.1) is 39.1 Å². The van der Waals surface area contributed by atoms with Crippen molar-refractivity contribution < 1.29 is 28.5 Å². The molecule has 2 unspecified atom stereocenters. The number of esters is 1. The van der Waals surface area contributed by atoms with Gasteiger partial charge in [0.2, 0.25) is 0 Å². The molecule has 0 spiro atoms. The third kappa shape index (κ3) is 67.8. The summed E-state index contributed by atoms with van der Waals surface area (Å²) >= 11 is 0. The first-order valence-electron chi connectivity index (χ1n) is 25.9. The van der Waals surface area contributed by atoms with Gasteiger partial charge >= 0.3 is 5.97 Å². The molecular weight excluding hydrogens is 817 g/mol. The summed E-state index contributed by atoms with van der Waals surface area (Å²) in [7, 11) is 0. The van der Waals surface area contributed by atoms with Crippen LogP contribution in [0.15, 0.2) is 81.0 Å². The van der Waals surface area contributed by atoms with Crippen molar-refractivity contribution in [1.29, 1.82) is 0 Å². The van der Waals surface area contributed by atoms with E-state index in [1.807, 2.05) is 25.2 Å². The summed E-state index contributed by atoms with van der Waals surface area (Å²) in [5.41, 5.74) is 3.68. The topological polar surface area (TPSA) is 69.8 Å². The molecule has 6 heteroatoms. The number of hydrogen-bond acceptors (Lipinski definition) is 6. The molecule has 0 bridgehead atoms. The molecule has 2 aliphatic heterocycles. The molecule has 3 rings (SSSR count). The number of epoxide rings is 2. The van der Waals surface area contributed by atoms with Gasteiger partial charge in [0.1, 0.15) is 6.10 Å². The van der Waals surface area contributed by atoms with Gasteiger partial charge in [-0.05, 0) is 117 Å². The Morgan fingerprint density at radius 1 is 0.636 bits per heavy atom. The molecule has 1 aromatic carbocycles. The highest BCUT2D eigenvalue weighted by Crippen LogP contribution is 2.18. The van der Waals surface area contributed by atoms with Gasteiger partial charge in [-0.25, -0.2) is 4.79 Å². The normalized spacial score (nSPS) is 14.1. The maximum atomic E-state index is 10.5. The van der Waals surface area contributed by atoms with Crippen molar-refractivity contribution in [3.63, 3.8) is 0 Å². The summed E-state index contributed by atoms with van der Waals surface area (Å²) < 4.78 is 25.6. The van der Waals surface area contributed by atoms with Crippen LogP contribution in [0.2, 0.25) is 0 Å². The Hall–Kier alpha value is -2.77. The van der Waals surface area contributed by atoms with Crippen LogP contribution in [0.4, 0.5) is 0 Å². The second-order valence-electron chi connectivity index (χ2n) is 20.4. The summed E-state index contributed by atoms with van der Waals surface area (Å²) in [5, 5.41) is 0. The molecule has 2 fully saturated rings. The van der Waals surface area contributed by atoms with Gasteiger partial charge in [-0.1, -0.05) is 184 Å². The summed E-state index contributed by atoms with van der Waals surface area (Å²) in [6, 6.07) is 8.51. The van der Waals surface area contributed by atoms with E-state index >= 15 is 0 Å². The quantitative estimate of drug-likeness (QED) is 0.0274. The van der Waals surface area contributed by atoms with Crippen molar-refractivity contribution in [3.05, 3.63) is 92.1 Å². The van der Waals surface area contributed by atoms with E-state index in [4.69, 9.17) is 23.7 Å². The van der Waals surface area contributed by atoms with E-state index < -0.39 is 0 Å². The Morgan fingerprint density at radius 2 is 1.06 bits per heavy atom. The monoisotopic (exact) mass is 927 g/mol. The van der Waals surface area contributed by atoms with E-state index in [2.05, 4.69) is 154 Å². The molecule has 2 heterocycles. The molecule has 0 aromatic heterocycles. The lowest BCUT2D eigenvalue weighted by Crippen LogP contribution is -2.03.